The second kappa shape index (κ2) is 9.78. The number of halogens is 3. The van der Waals surface area contributed by atoms with Gasteiger partial charge in [0.2, 0.25) is 0 Å². The molecular weight excluding hydrogens is 445 g/mol. The smallest absolute Gasteiger partial charge is 0.416 e. The normalized spacial score (nSPS) is 12.2. The van der Waals surface area contributed by atoms with Crippen LogP contribution in [0, 0.1) is 0 Å². The van der Waals surface area contributed by atoms with Crippen molar-refractivity contribution in [3.05, 3.63) is 96.3 Å². The first kappa shape index (κ1) is 23.0. The highest BCUT2D eigenvalue weighted by molar-refractivity contribution is 5.85. The number of amides is 1. The maximum Gasteiger partial charge on any atom is 0.416 e. The van der Waals surface area contributed by atoms with E-state index in [1.54, 1.807) is 24.3 Å². The molecule has 1 unspecified atom stereocenters. The molecule has 0 spiro atoms. The third kappa shape index (κ3) is 5.43. The van der Waals surface area contributed by atoms with E-state index in [4.69, 9.17) is 4.74 Å². The number of carbonyl (C=O) groups excluding carboxylic acids is 1. The zero-order chi connectivity index (χ0) is 24.1. The quantitative estimate of drug-likeness (QED) is 0.345. The Morgan fingerprint density at radius 2 is 1.68 bits per heavy atom. The van der Waals surface area contributed by atoms with E-state index in [9.17, 15) is 18.0 Å². The molecule has 4 rings (SSSR count). The number of ether oxygens (including phenoxy) is 1. The summed E-state index contributed by atoms with van der Waals surface area (Å²) in [6.07, 6.45) is -3.24. The molecule has 0 saturated heterocycles. The van der Waals surface area contributed by atoms with Crippen molar-refractivity contribution in [1.82, 2.24) is 14.8 Å². The number of rotatable bonds is 6. The molecule has 0 radical (unpaired) electrons. The zero-order valence-corrected chi connectivity index (χ0v) is 18.2. The monoisotopic (exact) mass is 466 g/mol. The van der Waals surface area contributed by atoms with Gasteiger partial charge >= 0.3 is 12.3 Å². The molecule has 0 aliphatic heterocycles. The highest BCUT2D eigenvalue weighted by Gasteiger charge is 2.30. The lowest BCUT2D eigenvalue weighted by molar-refractivity contribution is -0.137. The lowest BCUT2D eigenvalue weighted by atomic mass is 10.1. The molecule has 1 heterocycles. The number of nitrogens with zero attached hydrogens (tertiary/aromatic N) is 3. The Labute approximate surface area is 194 Å². The van der Waals surface area contributed by atoms with Crippen LogP contribution in [0.1, 0.15) is 30.6 Å². The van der Waals surface area contributed by atoms with E-state index >= 15 is 0 Å². The van der Waals surface area contributed by atoms with Crippen LogP contribution < -0.4 is 5.32 Å². The first-order valence-electron chi connectivity index (χ1n) is 10.6. The molecule has 6 nitrogen and oxygen atoms in total. The molecule has 1 N–H and O–H groups in total. The van der Waals surface area contributed by atoms with E-state index < -0.39 is 17.8 Å². The molecule has 34 heavy (non-hydrogen) atoms. The van der Waals surface area contributed by atoms with Gasteiger partial charge in [-0.15, -0.1) is 5.10 Å². The minimum atomic E-state index is -4.40. The van der Waals surface area contributed by atoms with Gasteiger partial charge in [0, 0.05) is 11.3 Å². The van der Waals surface area contributed by atoms with Gasteiger partial charge in [-0.25, -0.2) is 14.5 Å². The van der Waals surface area contributed by atoms with Crippen LogP contribution in [-0.2, 0) is 10.9 Å². The summed E-state index contributed by atoms with van der Waals surface area (Å²) in [5.74, 6) is 0.393. The molecule has 4 aromatic rings. The van der Waals surface area contributed by atoms with Gasteiger partial charge in [-0.05, 0) is 60.5 Å². The zero-order valence-electron chi connectivity index (χ0n) is 18.2. The van der Waals surface area contributed by atoms with E-state index in [2.05, 4.69) is 15.4 Å². The van der Waals surface area contributed by atoms with Crippen molar-refractivity contribution in [2.45, 2.75) is 25.6 Å². The molecular formula is C25H21F3N4O2. The number of anilines is 1. The predicted octanol–water partition coefficient (Wildman–Crippen LogP) is 6.65. The molecule has 1 amide bonds. The van der Waals surface area contributed by atoms with Crippen LogP contribution in [0.4, 0.5) is 23.7 Å². The van der Waals surface area contributed by atoms with Crippen molar-refractivity contribution < 1.29 is 22.7 Å². The molecule has 0 saturated carbocycles. The average Bonchev–Trinajstić information content (AvgIpc) is 3.33. The number of alkyl halides is 3. The molecule has 3 aromatic carbocycles. The summed E-state index contributed by atoms with van der Waals surface area (Å²) >= 11 is 0. The summed E-state index contributed by atoms with van der Waals surface area (Å²) in [7, 11) is 0. The fourth-order valence-electron chi connectivity index (χ4n) is 3.36. The Morgan fingerprint density at radius 1 is 1.00 bits per heavy atom. The van der Waals surface area contributed by atoms with Crippen molar-refractivity contribution in [3.63, 3.8) is 0 Å². The van der Waals surface area contributed by atoms with Crippen LogP contribution in [0.2, 0.25) is 0 Å². The van der Waals surface area contributed by atoms with Crippen LogP contribution in [0.5, 0.6) is 0 Å². The summed E-state index contributed by atoms with van der Waals surface area (Å²) in [6, 6.07) is 21.0. The minimum Gasteiger partial charge on any atom is -0.441 e. The van der Waals surface area contributed by atoms with Crippen molar-refractivity contribution in [3.8, 4) is 17.1 Å². The largest absolute Gasteiger partial charge is 0.441 e. The van der Waals surface area contributed by atoms with Crippen molar-refractivity contribution in [2.24, 2.45) is 0 Å². The number of nitrogens with one attached hydrogen (secondary N) is 1. The van der Waals surface area contributed by atoms with E-state index in [-0.39, 0.29) is 6.10 Å². The molecule has 0 fully saturated rings. The average molecular weight is 466 g/mol. The third-order valence-electron chi connectivity index (χ3n) is 5.13. The molecule has 1 atom stereocenters. The predicted molar refractivity (Wildman–Crippen MR) is 121 cm³/mol. The topological polar surface area (TPSA) is 69.0 Å². The molecule has 0 bridgehead atoms. The Hall–Kier alpha value is -4.14. The Balaban J connectivity index is 1.40. The van der Waals surface area contributed by atoms with Gasteiger partial charge in [0.25, 0.3) is 0 Å². The van der Waals surface area contributed by atoms with Gasteiger partial charge in [-0.2, -0.15) is 13.2 Å². The van der Waals surface area contributed by atoms with Gasteiger partial charge in [0.1, 0.15) is 12.4 Å². The Bertz CT molecular complexity index is 1240. The maximum atomic E-state index is 12.7. The summed E-state index contributed by atoms with van der Waals surface area (Å²) in [5.41, 5.74) is 1.87. The SMILES string of the molecule is CCC(OC(=O)Nc1ccc(-c2ncn(-c3ccc(C(F)(F)F)cc3)n2)cc1)c1ccccc1. The van der Waals surface area contributed by atoms with Crippen molar-refractivity contribution in [1.29, 1.82) is 0 Å². The summed E-state index contributed by atoms with van der Waals surface area (Å²) in [4.78, 5) is 16.6. The van der Waals surface area contributed by atoms with Crippen LogP contribution in [0.15, 0.2) is 85.2 Å². The van der Waals surface area contributed by atoms with Crippen LogP contribution in [-0.4, -0.2) is 20.9 Å². The third-order valence-corrected chi connectivity index (χ3v) is 5.13. The highest BCUT2D eigenvalue weighted by atomic mass is 19.4. The van der Waals surface area contributed by atoms with Crippen LogP contribution in [0.3, 0.4) is 0 Å². The van der Waals surface area contributed by atoms with E-state index in [1.165, 1.54) is 23.1 Å². The second-order valence-electron chi connectivity index (χ2n) is 7.47. The van der Waals surface area contributed by atoms with Gasteiger partial charge < -0.3 is 4.74 Å². The lowest BCUT2D eigenvalue weighted by Crippen LogP contribution is -2.17. The standard InChI is InChI=1S/C25H21F3N4O2/c1-2-22(17-6-4-3-5-7-17)34-24(33)30-20-12-8-18(9-13-20)23-29-16-32(31-23)21-14-10-19(11-15-21)25(26,27)28/h3-16,22H,2H2,1H3,(H,30,33). The first-order valence-corrected chi connectivity index (χ1v) is 10.6. The minimum absolute atomic E-state index is 0.348. The van der Waals surface area contributed by atoms with Crippen LogP contribution >= 0.6 is 0 Å². The number of hydrogen-bond donors (Lipinski definition) is 1. The molecule has 0 aliphatic carbocycles. The fourth-order valence-corrected chi connectivity index (χ4v) is 3.36. The fraction of sp³-hybridized carbons (Fsp3) is 0.160. The lowest BCUT2D eigenvalue weighted by Gasteiger charge is -2.17. The summed E-state index contributed by atoms with van der Waals surface area (Å²) < 4.78 is 45.2. The first-order chi connectivity index (χ1) is 16.3. The number of benzene rings is 3. The van der Waals surface area contributed by atoms with Gasteiger partial charge in [-0.1, -0.05) is 37.3 Å². The number of aromatic nitrogens is 3. The molecule has 174 valence electrons. The van der Waals surface area contributed by atoms with E-state index in [0.29, 0.717) is 29.2 Å². The summed E-state index contributed by atoms with van der Waals surface area (Å²) in [6.45, 7) is 1.94. The van der Waals surface area contributed by atoms with Crippen LogP contribution in [0.25, 0.3) is 17.1 Å². The van der Waals surface area contributed by atoms with Crippen molar-refractivity contribution in [2.75, 3.05) is 5.32 Å². The van der Waals surface area contributed by atoms with Crippen molar-refractivity contribution >= 4 is 11.8 Å². The van der Waals surface area contributed by atoms with E-state index in [1.807, 2.05) is 37.3 Å². The summed E-state index contributed by atoms with van der Waals surface area (Å²) in [5, 5.41) is 7.03. The molecule has 0 aliphatic rings. The van der Waals surface area contributed by atoms with E-state index in [0.717, 1.165) is 17.7 Å². The Kier molecular flexibility index (Phi) is 6.62. The highest BCUT2D eigenvalue weighted by Crippen LogP contribution is 2.29. The number of hydrogen-bond acceptors (Lipinski definition) is 4. The van der Waals surface area contributed by atoms with Gasteiger partial charge in [0.05, 0.1) is 11.3 Å². The maximum absolute atomic E-state index is 12.7. The van der Waals surface area contributed by atoms with Gasteiger partial charge in [-0.3, -0.25) is 5.32 Å². The molecule has 9 heteroatoms. The second-order valence-corrected chi connectivity index (χ2v) is 7.47. The number of carbonyl (C=O) groups is 1. The van der Waals surface area contributed by atoms with Gasteiger partial charge in [0.15, 0.2) is 5.82 Å². The Morgan fingerprint density at radius 3 is 2.29 bits per heavy atom. The molecule has 1 aromatic heterocycles.